The van der Waals surface area contributed by atoms with Crippen molar-refractivity contribution in [3.05, 3.63) is 48.7 Å². The largest absolute Gasteiger partial charge is 0.473 e. The van der Waals surface area contributed by atoms with E-state index < -0.39 is 15.8 Å². The number of piperidine rings is 1. The smallest absolute Gasteiger partial charge is 0.246 e. The van der Waals surface area contributed by atoms with E-state index in [1.54, 1.807) is 12.3 Å². The minimum Gasteiger partial charge on any atom is -0.473 e. The lowest BCUT2D eigenvalue weighted by molar-refractivity contribution is 0.124. The maximum Gasteiger partial charge on any atom is 0.246 e. The lowest BCUT2D eigenvalue weighted by atomic mass is 10.1. The number of hydrogen-bond acceptors (Lipinski definition) is 5. The SMILES string of the molecule is O=S(=O)(c1ccccc1F)N1CCC[C@H](Oc2ccncn2)C1. The first-order valence-corrected chi connectivity index (χ1v) is 8.69. The van der Waals surface area contributed by atoms with Gasteiger partial charge in [0, 0.05) is 18.8 Å². The van der Waals surface area contributed by atoms with E-state index in [9.17, 15) is 12.8 Å². The summed E-state index contributed by atoms with van der Waals surface area (Å²) < 4.78 is 46.0. The van der Waals surface area contributed by atoms with Crippen LogP contribution in [0.1, 0.15) is 12.8 Å². The van der Waals surface area contributed by atoms with Gasteiger partial charge in [0.05, 0.1) is 6.54 Å². The van der Waals surface area contributed by atoms with Crippen LogP contribution in [0.3, 0.4) is 0 Å². The van der Waals surface area contributed by atoms with Crippen LogP contribution in [0.25, 0.3) is 0 Å². The zero-order valence-electron chi connectivity index (χ0n) is 12.3. The fourth-order valence-electron chi connectivity index (χ4n) is 2.53. The summed E-state index contributed by atoms with van der Waals surface area (Å²) in [6.45, 7) is 0.515. The molecule has 0 unspecified atom stereocenters. The van der Waals surface area contributed by atoms with E-state index in [0.29, 0.717) is 25.3 Å². The Bertz CT molecular complexity index is 771. The van der Waals surface area contributed by atoms with Gasteiger partial charge in [-0.15, -0.1) is 0 Å². The van der Waals surface area contributed by atoms with Gasteiger partial charge in [0.25, 0.3) is 0 Å². The van der Waals surface area contributed by atoms with Gasteiger partial charge in [0.1, 0.15) is 23.1 Å². The Morgan fingerprint density at radius 2 is 2.09 bits per heavy atom. The van der Waals surface area contributed by atoms with Crippen LogP contribution < -0.4 is 4.74 Å². The summed E-state index contributed by atoms with van der Waals surface area (Å²) in [7, 11) is -3.87. The van der Waals surface area contributed by atoms with E-state index in [1.165, 1.54) is 28.8 Å². The Morgan fingerprint density at radius 1 is 1.26 bits per heavy atom. The predicted molar refractivity (Wildman–Crippen MR) is 80.8 cm³/mol. The molecule has 0 saturated carbocycles. The van der Waals surface area contributed by atoms with E-state index in [4.69, 9.17) is 4.74 Å². The molecule has 1 saturated heterocycles. The third-order valence-electron chi connectivity index (χ3n) is 3.64. The number of aromatic nitrogens is 2. The predicted octanol–water partition coefficient (Wildman–Crippen LogP) is 1.85. The number of nitrogens with zero attached hydrogens (tertiary/aromatic N) is 3. The maximum atomic E-state index is 13.8. The van der Waals surface area contributed by atoms with Gasteiger partial charge >= 0.3 is 0 Å². The van der Waals surface area contributed by atoms with Crippen LogP contribution >= 0.6 is 0 Å². The molecule has 0 N–H and O–H groups in total. The molecule has 23 heavy (non-hydrogen) atoms. The van der Waals surface area contributed by atoms with Crippen LogP contribution in [-0.2, 0) is 10.0 Å². The molecule has 1 aliphatic rings. The van der Waals surface area contributed by atoms with E-state index in [-0.39, 0.29) is 17.5 Å². The van der Waals surface area contributed by atoms with E-state index in [1.807, 2.05) is 0 Å². The van der Waals surface area contributed by atoms with Crippen LogP contribution in [0.5, 0.6) is 5.88 Å². The molecular weight excluding hydrogens is 321 g/mol. The first-order chi connectivity index (χ1) is 11.1. The first-order valence-electron chi connectivity index (χ1n) is 7.25. The molecule has 2 aromatic rings. The molecule has 1 atom stereocenters. The molecule has 6 nitrogen and oxygen atoms in total. The number of benzene rings is 1. The van der Waals surface area contributed by atoms with Crippen molar-refractivity contribution in [3.8, 4) is 5.88 Å². The molecule has 3 rings (SSSR count). The monoisotopic (exact) mass is 337 g/mol. The van der Waals surface area contributed by atoms with Gasteiger partial charge in [0.15, 0.2) is 0 Å². The van der Waals surface area contributed by atoms with Crippen molar-refractivity contribution < 1.29 is 17.5 Å². The van der Waals surface area contributed by atoms with Crippen LogP contribution in [0.2, 0.25) is 0 Å². The minimum atomic E-state index is -3.87. The normalized spacial score (nSPS) is 19.4. The van der Waals surface area contributed by atoms with Crippen molar-refractivity contribution >= 4 is 10.0 Å². The zero-order valence-corrected chi connectivity index (χ0v) is 13.1. The molecule has 0 amide bonds. The number of hydrogen-bond donors (Lipinski definition) is 0. The average Bonchev–Trinajstić information content (AvgIpc) is 2.56. The molecule has 0 aliphatic carbocycles. The van der Waals surface area contributed by atoms with Crippen molar-refractivity contribution in [1.29, 1.82) is 0 Å². The second-order valence-electron chi connectivity index (χ2n) is 5.22. The van der Waals surface area contributed by atoms with E-state index >= 15 is 0 Å². The third-order valence-corrected chi connectivity index (χ3v) is 5.54. The number of rotatable bonds is 4. The summed E-state index contributed by atoms with van der Waals surface area (Å²) in [5.74, 6) is -0.346. The maximum absolute atomic E-state index is 13.8. The fourth-order valence-corrected chi connectivity index (χ4v) is 4.11. The lowest BCUT2D eigenvalue weighted by Crippen LogP contribution is -2.44. The van der Waals surface area contributed by atoms with Gasteiger partial charge in [-0.3, -0.25) is 0 Å². The highest BCUT2D eigenvalue weighted by Crippen LogP contribution is 2.24. The highest BCUT2D eigenvalue weighted by atomic mass is 32.2. The summed E-state index contributed by atoms with van der Waals surface area (Å²) >= 11 is 0. The Morgan fingerprint density at radius 3 is 2.83 bits per heavy atom. The summed E-state index contributed by atoms with van der Waals surface area (Å²) in [5.41, 5.74) is 0. The highest BCUT2D eigenvalue weighted by Gasteiger charge is 2.32. The molecule has 8 heteroatoms. The molecule has 2 heterocycles. The van der Waals surface area contributed by atoms with Crippen molar-refractivity contribution in [1.82, 2.24) is 14.3 Å². The number of sulfonamides is 1. The topological polar surface area (TPSA) is 72.4 Å². The molecule has 1 aliphatic heterocycles. The van der Waals surface area contributed by atoms with E-state index in [2.05, 4.69) is 9.97 Å². The Labute approximate surface area is 134 Å². The molecular formula is C15H16FN3O3S. The lowest BCUT2D eigenvalue weighted by Gasteiger charge is -2.31. The molecule has 1 aromatic carbocycles. The van der Waals surface area contributed by atoms with Crippen LogP contribution in [0.4, 0.5) is 4.39 Å². The van der Waals surface area contributed by atoms with Gasteiger partial charge in [-0.2, -0.15) is 4.31 Å². The highest BCUT2D eigenvalue weighted by molar-refractivity contribution is 7.89. The van der Waals surface area contributed by atoms with Crippen LogP contribution in [0.15, 0.2) is 47.8 Å². The van der Waals surface area contributed by atoms with Crippen LogP contribution in [-0.4, -0.2) is 41.9 Å². The van der Waals surface area contributed by atoms with Gasteiger partial charge < -0.3 is 4.74 Å². The van der Waals surface area contributed by atoms with Gasteiger partial charge in [0.2, 0.25) is 15.9 Å². The van der Waals surface area contributed by atoms with Crippen molar-refractivity contribution in [2.45, 2.75) is 23.8 Å². The molecule has 0 spiro atoms. The number of ether oxygens (including phenoxy) is 1. The second-order valence-corrected chi connectivity index (χ2v) is 7.13. The summed E-state index contributed by atoms with van der Waals surface area (Å²) in [6.07, 6.45) is 3.96. The summed E-state index contributed by atoms with van der Waals surface area (Å²) in [5, 5.41) is 0. The third kappa shape index (κ3) is 3.48. The molecule has 122 valence electrons. The first kappa shape index (κ1) is 15.8. The summed E-state index contributed by atoms with van der Waals surface area (Å²) in [6, 6.07) is 7.01. The van der Waals surface area contributed by atoms with Crippen LogP contribution in [0, 0.1) is 5.82 Å². The van der Waals surface area contributed by atoms with Gasteiger partial charge in [-0.1, -0.05) is 12.1 Å². The molecule has 0 bridgehead atoms. The second kappa shape index (κ2) is 6.59. The standard InChI is InChI=1S/C15H16FN3O3S/c16-13-5-1-2-6-14(13)23(20,21)19-9-3-4-12(10-19)22-15-7-8-17-11-18-15/h1-2,5-8,11-12H,3-4,9-10H2/t12-/m0/s1. The molecule has 1 fully saturated rings. The molecule has 0 radical (unpaired) electrons. The summed E-state index contributed by atoms with van der Waals surface area (Å²) in [4.78, 5) is 7.47. The van der Waals surface area contributed by atoms with E-state index in [0.717, 1.165) is 6.07 Å². The number of halogens is 1. The van der Waals surface area contributed by atoms with Crippen molar-refractivity contribution in [2.24, 2.45) is 0 Å². The minimum absolute atomic E-state index is 0.167. The molecule has 1 aromatic heterocycles. The average molecular weight is 337 g/mol. The Kier molecular flexibility index (Phi) is 4.53. The van der Waals surface area contributed by atoms with Crippen molar-refractivity contribution in [2.75, 3.05) is 13.1 Å². The zero-order chi connectivity index (χ0) is 16.3. The van der Waals surface area contributed by atoms with Crippen molar-refractivity contribution in [3.63, 3.8) is 0 Å². The Hall–Kier alpha value is -2.06. The quantitative estimate of drug-likeness (QED) is 0.851. The van der Waals surface area contributed by atoms with Gasteiger partial charge in [-0.25, -0.2) is 22.8 Å². The Balaban J connectivity index is 1.77. The fraction of sp³-hybridized carbons (Fsp3) is 0.333. The van der Waals surface area contributed by atoms with Gasteiger partial charge in [-0.05, 0) is 25.0 Å².